The molecule has 2 rings (SSSR count). The number of carbonyl (C=O) groups is 1. The van der Waals surface area contributed by atoms with E-state index in [1.54, 1.807) is 17.5 Å². The van der Waals surface area contributed by atoms with Gasteiger partial charge in [0.25, 0.3) is 0 Å². The van der Waals surface area contributed by atoms with Gasteiger partial charge in [-0.05, 0) is 0 Å². The van der Waals surface area contributed by atoms with E-state index in [2.05, 4.69) is 20.3 Å². The van der Waals surface area contributed by atoms with E-state index < -0.39 is 5.97 Å². The highest BCUT2D eigenvalue weighted by Crippen LogP contribution is 2.09. The number of nitrogens with one attached hydrogen (secondary N) is 1. The van der Waals surface area contributed by atoms with Crippen molar-refractivity contribution in [2.24, 2.45) is 0 Å². The number of carboxylic acid groups (broad SMARTS) is 1. The molecule has 7 heteroatoms. The molecule has 0 saturated carbocycles. The Kier molecular flexibility index (Phi) is 3.61. The van der Waals surface area contributed by atoms with Gasteiger partial charge < -0.3 is 10.4 Å². The molecule has 0 aliphatic heterocycles. The van der Waals surface area contributed by atoms with E-state index in [4.69, 9.17) is 5.11 Å². The number of carboxylic acids is 1. The Bertz CT molecular complexity index is 501. The van der Waals surface area contributed by atoms with Crippen molar-refractivity contribution < 1.29 is 9.90 Å². The lowest BCUT2D eigenvalue weighted by Gasteiger charge is -2.05. The molecule has 88 valence electrons. The van der Waals surface area contributed by atoms with E-state index in [0.717, 1.165) is 11.4 Å². The highest BCUT2D eigenvalue weighted by Gasteiger charge is 2.11. The standard InChI is InChI=1S/C10H10N4O2S/c15-10(16)8-9(14-4-3-12-8)13-2-1-7-11-5-6-17-7/h3-6H,1-2H2,(H,13,14)(H,15,16). The van der Waals surface area contributed by atoms with Crippen LogP contribution < -0.4 is 5.32 Å². The van der Waals surface area contributed by atoms with Gasteiger partial charge in [-0.1, -0.05) is 0 Å². The van der Waals surface area contributed by atoms with Crippen molar-refractivity contribution in [2.45, 2.75) is 6.42 Å². The Morgan fingerprint density at radius 1 is 1.29 bits per heavy atom. The zero-order valence-corrected chi connectivity index (χ0v) is 9.65. The van der Waals surface area contributed by atoms with Crippen LogP contribution in [0.2, 0.25) is 0 Å². The number of hydrogen-bond acceptors (Lipinski definition) is 6. The normalized spacial score (nSPS) is 10.1. The minimum atomic E-state index is -1.09. The molecule has 0 unspecified atom stereocenters. The van der Waals surface area contributed by atoms with E-state index in [-0.39, 0.29) is 11.5 Å². The fourth-order valence-electron chi connectivity index (χ4n) is 1.29. The number of aromatic nitrogens is 3. The molecule has 0 radical (unpaired) electrons. The van der Waals surface area contributed by atoms with Gasteiger partial charge in [-0.15, -0.1) is 11.3 Å². The van der Waals surface area contributed by atoms with Crippen LogP contribution in [-0.2, 0) is 6.42 Å². The molecule has 2 heterocycles. The zero-order valence-electron chi connectivity index (χ0n) is 8.83. The predicted molar refractivity (Wildman–Crippen MR) is 63.3 cm³/mol. The summed E-state index contributed by atoms with van der Waals surface area (Å²) in [5.41, 5.74) is -0.0633. The molecule has 0 amide bonds. The molecule has 0 fully saturated rings. The smallest absolute Gasteiger partial charge is 0.358 e. The molecule has 0 aromatic carbocycles. The number of hydrogen-bond donors (Lipinski definition) is 2. The summed E-state index contributed by atoms with van der Waals surface area (Å²) >= 11 is 1.57. The maximum Gasteiger partial charge on any atom is 0.358 e. The summed E-state index contributed by atoms with van der Waals surface area (Å²) in [7, 11) is 0. The van der Waals surface area contributed by atoms with Gasteiger partial charge in [0.15, 0.2) is 11.5 Å². The minimum Gasteiger partial charge on any atom is -0.476 e. The summed E-state index contributed by atoms with van der Waals surface area (Å²) in [5, 5.41) is 14.7. The highest BCUT2D eigenvalue weighted by atomic mass is 32.1. The van der Waals surface area contributed by atoms with Gasteiger partial charge in [0.2, 0.25) is 0 Å². The van der Waals surface area contributed by atoms with E-state index >= 15 is 0 Å². The largest absolute Gasteiger partial charge is 0.476 e. The first-order valence-corrected chi connectivity index (χ1v) is 5.82. The number of aromatic carboxylic acids is 1. The third-order valence-electron chi connectivity index (χ3n) is 2.02. The zero-order chi connectivity index (χ0) is 12.1. The molecular formula is C10H10N4O2S. The Balaban J connectivity index is 1.97. The van der Waals surface area contributed by atoms with Crippen LogP contribution in [0.4, 0.5) is 5.82 Å². The van der Waals surface area contributed by atoms with E-state index in [9.17, 15) is 4.79 Å². The molecule has 0 atom stereocenters. The van der Waals surface area contributed by atoms with Crippen LogP contribution in [0.15, 0.2) is 24.0 Å². The van der Waals surface area contributed by atoms with Crippen molar-refractivity contribution in [1.82, 2.24) is 15.0 Å². The molecular weight excluding hydrogens is 240 g/mol. The SMILES string of the molecule is O=C(O)c1nccnc1NCCc1nccs1. The van der Waals surface area contributed by atoms with Gasteiger partial charge >= 0.3 is 5.97 Å². The molecule has 17 heavy (non-hydrogen) atoms. The second-order valence-electron chi connectivity index (χ2n) is 3.16. The van der Waals surface area contributed by atoms with Gasteiger partial charge in [0.1, 0.15) is 0 Å². The monoisotopic (exact) mass is 250 g/mol. The molecule has 2 N–H and O–H groups in total. The summed E-state index contributed by atoms with van der Waals surface area (Å²) in [6, 6.07) is 0. The average molecular weight is 250 g/mol. The quantitative estimate of drug-likeness (QED) is 0.831. The number of anilines is 1. The fourth-order valence-corrected chi connectivity index (χ4v) is 1.91. The van der Waals surface area contributed by atoms with Crippen molar-refractivity contribution in [1.29, 1.82) is 0 Å². The second kappa shape index (κ2) is 5.35. The Morgan fingerprint density at radius 3 is 2.82 bits per heavy atom. The maximum absolute atomic E-state index is 10.9. The maximum atomic E-state index is 10.9. The van der Waals surface area contributed by atoms with Crippen LogP contribution in [0.25, 0.3) is 0 Å². The van der Waals surface area contributed by atoms with Crippen molar-refractivity contribution in [3.63, 3.8) is 0 Å². The van der Waals surface area contributed by atoms with Crippen molar-refractivity contribution >= 4 is 23.1 Å². The van der Waals surface area contributed by atoms with Gasteiger partial charge in [-0.3, -0.25) is 0 Å². The van der Waals surface area contributed by atoms with Crippen LogP contribution in [-0.4, -0.2) is 32.6 Å². The lowest BCUT2D eigenvalue weighted by atomic mass is 10.4. The Hall–Kier alpha value is -2.02. The summed E-state index contributed by atoms with van der Waals surface area (Å²) < 4.78 is 0. The Morgan fingerprint density at radius 2 is 2.12 bits per heavy atom. The van der Waals surface area contributed by atoms with Crippen LogP contribution in [0.5, 0.6) is 0 Å². The third kappa shape index (κ3) is 2.97. The predicted octanol–water partition coefficient (Wildman–Crippen LogP) is 1.29. The highest BCUT2D eigenvalue weighted by molar-refractivity contribution is 7.09. The fraction of sp³-hybridized carbons (Fsp3) is 0.200. The molecule has 0 aliphatic rings. The van der Waals surface area contributed by atoms with E-state index in [1.165, 1.54) is 12.4 Å². The van der Waals surface area contributed by atoms with Gasteiger partial charge in [-0.2, -0.15) is 0 Å². The number of rotatable bonds is 5. The lowest BCUT2D eigenvalue weighted by Crippen LogP contribution is -2.12. The van der Waals surface area contributed by atoms with Crippen LogP contribution in [0.1, 0.15) is 15.5 Å². The molecule has 6 nitrogen and oxygen atoms in total. The molecule has 0 spiro atoms. The number of nitrogens with zero attached hydrogens (tertiary/aromatic N) is 3. The van der Waals surface area contributed by atoms with E-state index in [1.807, 2.05) is 5.38 Å². The molecule has 2 aromatic rings. The van der Waals surface area contributed by atoms with Gasteiger partial charge in [0, 0.05) is 36.9 Å². The van der Waals surface area contributed by atoms with Gasteiger partial charge in [0.05, 0.1) is 5.01 Å². The van der Waals surface area contributed by atoms with Crippen molar-refractivity contribution in [2.75, 3.05) is 11.9 Å². The van der Waals surface area contributed by atoms with Crippen molar-refractivity contribution in [3.05, 3.63) is 34.7 Å². The van der Waals surface area contributed by atoms with E-state index in [0.29, 0.717) is 6.54 Å². The lowest BCUT2D eigenvalue weighted by molar-refractivity contribution is 0.0691. The average Bonchev–Trinajstić information content (AvgIpc) is 2.82. The second-order valence-corrected chi connectivity index (χ2v) is 4.14. The molecule has 0 aliphatic carbocycles. The number of thiazole rings is 1. The summed E-state index contributed by atoms with van der Waals surface area (Å²) in [6.07, 6.45) is 5.28. The summed E-state index contributed by atoms with van der Waals surface area (Å²) in [4.78, 5) is 22.7. The molecule has 2 aromatic heterocycles. The first kappa shape index (κ1) is 11.5. The minimum absolute atomic E-state index is 0.0633. The summed E-state index contributed by atoms with van der Waals surface area (Å²) in [6.45, 7) is 0.576. The molecule has 0 saturated heterocycles. The van der Waals surface area contributed by atoms with Crippen LogP contribution >= 0.6 is 11.3 Å². The van der Waals surface area contributed by atoms with Crippen LogP contribution in [0.3, 0.4) is 0 Å². The topological polar surface area (TPSA) is 88.0 Å². The van der Waals surface area contributed by atoms with Crippen LogP contribution in [0, 0.1) is 0 Å². The first-order valence-electron chi connectivity index (χ1n) is 4.94. The van der Waals surface area contributed by atoms with Gasteiger partial charge in [-0.25, -0.2) is 19.7 Å². The third-order valence-corrected chi connectivity index (χ3v) is 2.86. The molecule has 0 bridgehead atoms. The van der Waals surface area contributed by atoms with Crippen molar-refractivity contribution in [3.8, 4) is 0 Å². The summed E-state index contributed by atoms with van der Waals surface area (Å²) in [5.74, 6) is -0.800. The first-order chi connectivity index (χ1) is 8.27. The Labute approximate surface area is 101 Å².